The van der Waals surface area contributed by atoms with Gasteiger partial charge in [-0.2, -0.15) is 18.4 Å². The number of halogens is 3. The van der Waals surface area contributed by atoms with E-state index in [1.807, 2.05) is 24.3 Å². The molecule has 0 bridgehead atoms. The molecule has 0 spiro atoms. The van der Waals surface area contributed by atoms with Gasteiger partial charge in [-0.25, -0.2) is 4.98 Å². The molecule has 2 aromatic heterocycles. The number of hydrogen-bond acceptors (Lipinski definition) is 7. The van der Waals surface area contributed by atoms with E-state index in [0.29, 0.717) is 22.8 Å². The molecule has 3 heterocycles. The first-order valence-electron chi connectivity index (χ1n) is 14.1. The van der Waals surface area contributed by atoms with Crippen LogP contribution in [0.4, 0.5) is 18.9 Å². The van der Waals surface area contributed by atoms with E-state index >= 15 is 0 Å². The molecule has 3 fully saturated rings. The number of anilines is 1. The van der Waals surface area contributed by atoms with Crippen LogP contribution in [0.25, 0.3) is 22.7 Å². The number of nitriles is 1. The molecule has 42 heavy (non-hydrogen) atoms. The number of carbonyl (C=O) groups excluding carboxylic acids is 1. The van der Waals surface area contributed by atoms with Gasteiger partial charge < -0.3 is 14.6 Å². The normalized spacial score (nSPS) is 18.9. The number of carbonyl (C=O) groups is 1. The van der Waals surface area contributed by atoms with Crippen LogP contribution in [0.2, 0.25) is 0 Å². The van der Waals surface area contributed by atoms with E-state index in [9.17, 15) is 22.2 Å². The minimum Gasteiger partial charge on any atom is -0.444 e. The smallest absolute Gasteiger partial charge is 0.433 e. The summed E-state index contributed by atoms with van der Waals surface area (Å²) in [7, 11) is -0.722. The lowest BCUT2D eigenvalue weighted by Gasteiger charge is -2.28. The maximum absolute atomic E-state index is 12.6. The molecule has 1 saturated heterocycles. The molecule has 2 saturated carbocycles. The molecule has 3 aliphatic rings. The second-order valence-electron chi connectivity index (χ2n) is 10.9. The first-order valence-corrected chi connectivity index (χ1v) is 15.6. The minimum absolute atomic E-state index is 0.115. The van der Waals surface area contributed by atoms with E-state index in [1.165, 1.54) is 18.8 Å². The standard InChI is InChI=1S/C19H16F3N3O2S.C11H16N2O/c20-19(21,22)17-6-3-14(11-23-17)18-24-16(12-27-18)13-1-4-15(5-2-13)25-7-9-28(26)10-8-25;12-8-11(6-7-11)13-10(14)9-4-2-1-3-5-9/h1-6,11-12H,7-10H2;9H,1-7H2,(H,13,14). The number of hydrogen-bond donors (Lipinski definition) is 1. The summed E-state index contributed by atoms with van der Waals surface area (Å²) in [6.45, 7) is 1.53. The third-order valence-corrected chi connectivity index (χ3v) is 9.09. The summed E-state index contributed by atoms with van der Waals surface area (Å²) in [6.07, 6.45) is 5.35. The number of benzene rings is 1. The van der Waals surface area contributed by atoms with Gasteiger partial charge in [-0.15, -0.1) is 0 Å². The Hall–Kier alpha value is -3.72. The van der Waals surface area contributed by atoms with Crippen molar-refractivity contribution < 1.29 is 26.6 Å². The SMILES string of the molecule is N#CC1(NC(=O)C2CCCCC2)CC1.O=S1CCN(c2ccc(-c3coc(-c4ccc(C(F)(F)F)nc4)n3)cc2)CC1. The van der Waals surface area contributed by atoms with Gasteiger partial charge in [-0.1, -0.05) is 31.4 Å². The molecular formula is C30H32F3N5O3S. The van der Waals surface area contributed by atoms with Crippen molar-refractivity contribution in [1.82, 2.24) is 15.3 Å². The Balaban J connectivity index is 0.000000211. The van der Waals surface area contributed by atoms with Crippen molar-refractivity contribution in [3.63, 3.8) is 0 Å². The summed E-state index contributed by atoms with van der Waals surface area (Å²) >= 11 is 0. The number of amides is 1. The third kappa shape index (κ3) is 7.37. The average molecular weight is 600 g/mol. The number of nitrogens with zero attached hydrogens (tertiary/aromatic N) is 4. The van der Waals surface area contributed by atoms with Crippen LogP contribution in [0, 0.1) is 17.2 Å². The molecule has 1 amide bonds. The number of alkyl halides is 3. The number of pyridine rings is 1. The molecule has 3 aromatic rings. The van der Waals surface area contributed by atoms with E-state index in [1.54, 1.807) is 0 Å². The summed E-state index contributed by atoms with van der Waals surface area (Å²) in [5.74, 6) is 1.85. The van der Waals surface area contributed by atoms with E-state index in [4.69, 9.17) is 9.68 Å². The van der Waals surface area contributed by atoms with Crippen molar-refractivity contribution in [3.8, 4) is 28.8 Å². The molecule has 6 rings (SSSR count). The molecule has 8 nitrogen and oxygen atoms in total. The van der Waals surface area contributed by atoms with Crippen LogP contribution in [-0.2, 0) is 21.8 Å². The van der Waals surface area contributed by atoms with Crippen LogP contribution < -0.4 is 10.2 Å². The maximum Gasteiger partial charge on any atom is 0.433 e. The van der Waals surface area contributed by atoms with E-state index in [0.717, 1.165) is 75.1 Å². The Morgan fingerprint density at radius 2 is 1.71 bits per heavy atom. The number of nitrogens with one attached hydrogen (secondary N) is 1. The predicted octanol–water partition coefficient (Wildman–Crippen LogP) is 5.73. The van der Waals surface area contributed by atoms with Gasteiger partial charge in [0.1, 0.15) is 23.2 Å². The Morgan fingerprint density at radius 1 is 1.05 bits per heavy atom. The van der Waals surface area contributed by atoms with Gasteiger partial charge in [0.15, 0.2) is 0 Å². The fraction of sp³-hybridized carbons (Fsp3) is 0.467. The highest BCUT2D eigenvalue weighted by atomic mass is 32.2. The first-order chi connectivity index (χ1) is 20.2. The highest BCUT2D eigenvalue weighted by molar-refractivity contribution is 7.85. The topological polar surface area (TPSA) is 112 Å². The Kier molecular flexibility index (Phi) is 8.96. The van der Waals surface area contributed by atoms with E-state index in [2.05, 4.69) is 26.3 Å². The molecule has 1 aliphatic heterocycles. The average Bonchev–Trinajstić information content (AvgIpc) is 3.61. The zero-order valence-electron chi connectivity index (χ0n) is 23.0. The summed E-state index contributed by atoms with van der Waals surface area (Å²) in [6, 6.07) is 12.1. The van der Waals surface area contributed by atoms with Crippen molar-refractivity contribution in [2.75, 3.05) is 29.5 Å². The zero-order valence-corrected chi connectivity index (χ0v) is 23.8. The van der Waals surface area contributed by atoms with Crippen molar-refractivity contribution in [3.05, 3.63) is 54.6 Å². The minimum atomic E-state index is -4.48. The number of rotatable bonds is 5. The van der Waals surface area contributed by atoms with Gasteiger partial charge in [0.2, 0.25) is 11.8 Å². The van der Waals surface area contributed by atoms with Crippen LogP contribution in [0.5, 0.6) is 0 Å². The van der Waals surface area contributed by atoms with Crippen LogP contribution in [0.1, 0.15) is 50.6 Å². The van der Waals surface area contributed by atoms with E-state index in [-0.39, 0.29) is 17.7 Å². The van der Waals surface area contributed by atoms with Gasteiger partial charge in [0.25, 0.3) is 0 Å². The van der Waals surface area contributed by atoms with Gasteiger partial charge in [0.05, 0.1) is 11.6 Å². The third-order valence-electron chi connectivity index (χ3n) is 7.81. The summed E-state index contributed by atoms with van der Waals surface area (Å²) in [5, 5.41) is 11.7. The van der Waals surface area contributed by atoms with Crippen LogP contribution in [-0.4, -0.2) is 50.2 Å². The highest BCUT2D eigenvalue weighted by Crippen LogP contribution is 2.35. The fourth-order valence-corrected chi connectivity index (χ4v) is 6.11. The van der Waals surface area contributed by atoms with Gasteiger partial charge in [-0.3, -0.25) is 14.0 Å². The lowest BCUT2D eigenvalue weighted by Crippen LogP contribution is -2.40. The van der Waals surface area contributed by atoms with Gasteiger partial charge in [-0.05, 0) is 49.9 Å². The molecule has 1 aromatic carbocycles. The molecule has 0 radical (unpaired) electrons. The van der Waals surface area contributed by atoms with Gasteiger partial charge in [0, 0.05) is 58.8 Å². The molecule has 0 unspecified atom stereocenters. The summed E-state index contributed by atoms with van der Waals surface area (Å²) in [5.41, 5.74) is 1.41. The fourth-order valence-electron chi connectivity index (χ4n) is 5.06. The van der Waals surface area contributed by atoms with Crippen molar-refractivity contribution in [1.29, 1.82) is 5.26 Å². The molecule has 1 N–H and O–H groups in total. The van der Waals surface area contributed by atoms with Crippen LogP contribution in [0.15, 0.2) is 53.3 Å². The molecular weight excluding hydrogens is 567 g/mol. The van der Waals surface area contributed by atoms with Crippen molar-refractivity contribution in [2.24, 2.45) is 5.92 Å². The maximum atomic E-state index is 12.6. The number of oxazole rings is 1. The largest absolute Gasteiger partial charge is 0.444 e. The second-order valence-corrected chi connectivity index (χ2v) is 12.6. The van der Waals surface area contributed by atoms with Crippen LogP contribution >= 0.6 is 0 Å². The Bertz CT molecular complexity index is 1430. The highest BCUT2D eigenvalue weighted by Gasteiger charge is 2.45. The molecule has 12 heteroatoms. The second kappa shape index (κ2) is 12.7. The quantitative estimate of drug-likeness (QED) is 0.399. The van der Waals surface area contributed by atoms with E-state index < -0.39 is 28.2 Å². The summed E-state index contributed by atoms with van der Waals surface area (Å²) < 4.78 is 54.7. The van der Waals surface area contributed by atoms with Crippen molar-refractivity contribution >= 4 is 22.4 Å². The Morgan fingerprint density at radius 3 is 2.29 bits per heavy atom. The van der Waals surface area contributed by atoms with Crippen LogP contribution in [0.3, 0.4) is 0 Å². The lowest BCUT2D eigenvalue weighted by molar-refractivity contribution is -0.141. The molecule has 0 atom stereocenters. The molecule has 2 aliphatic carbocycles. The lowest BCUT2D eigenvalue weighted by atomic mass is 9.88. The zero-order chi connectivity index (χ0) is 29.7. The Labute approximate surface area is 244 Å². The summed E-state index contributed by atoms with van der Waals surface area (Å²) in [4.78, 5) is 21.7. The van der Waals surface area contributed by atoms with Gasteiger partial charge >= 0.3 is 6.18 Å². The van der Waals surface area contributed by atoms with Crippen molar-refractivity contribution in [2.45, 2.75) is 56.7 Å². The first kappa shape index (κ1) is 29.8. The predicted molar refractivity (Wildman–Crippen MR) is 153 cm³/mol. The number of aromatic nitrogens is 2. The molecule has 222 valence electrons. The monoisotopic (exact) mass is 599 g/mol.